The van der Waals surface area contributed by atoms with E-state index in [1.807, 2.05) is 18.2 Å². The van der Waals surface area contributed by atoms with E-state index < -0.39 is 9.52 Å². The molecule has 0 aliphatic carbocycles. The Labute approximate surface area is 97.3 Å². The van der Waals surface area contributed by atoms with Gasteiger partial charge in [0.15, 0.2) is 0 Å². The maximum absolute atomic E-state index is 12.8. The molecule has 0 spiro atoms. The monoisotopic (exact) mass is 228 g/mol. The molecule has 0 fully saturated rings. The highest BCUT2D eigenvalue weighted by Crippen LogP contribution is 2.11. The zero-order chi connectivity index (χ0) is 11.4. The van der Waals surface area contributed by atoms with Crippen molar-refractivity contribution in [1.82, 2.24) is 0 Å². The van der Waals surface area contributed by atoms with Crippen LogP contribution >= 0.6 is 0 Å². The fourth-order valence-electron chi connectivity index (χ4n) is 1.63. The summed E-state index contributed by atoms with van der Waals surface area (Å²) < 4.78 is 12.8. The van der Waals surface area contributed by atoms with Crippen LogP contribution in [0.3, 0.4) is 0 Å². The van der Waals surface area contributed by atoms with Crippen LogP contribution in [0.4, 0.5) is 4.39 Å². The van der Waals surface area contributed by atoms with E-state index in [9.17, 15) is 4.39 Å². The van der Waals surface area contributed by atoms with E-state index in [0.717, 1.165) is 10.8 Å². The van der Waals surface area contributed by atoms with Gasteiger partial charge in [0.05, 0.1) is 9.52 Å². The molecular formula is C14H13FSi. The third kappa shape index (κ3) is 2.67. The van der Waals surface area contributed by atoms with E-state index in [2.05, 4.69) is 18.7 Å². The summed E-state index contributed by atoms with van der Waals surface area (Å²) in [4.78, 5) is 0. The van der Waals surface area contributed by atoms with Gasteiger partial charge in [-0.15, -0.1) is 0 Å². The molecule has 0 bridgehead atoms. The first-order valence-electron chi connectivity index (χ1n) is 5.23. The summed E-state index contributed by atoms with van der Waals surface area (Å²) in [6, 6.07) is 16.9. The van der Waals surface area contributed by atoms with Crippen molar-refractivity contribution in [3.63, 3.8) is 0 Å². The molecule has 16 heavy (non-hydrogen) atoms. The molecular weight excluding hydrogens is 215 g/mol. The number of benzene rings is 2. The first-order valence-corrected chi connectivity index (χ1v) is 6.65. The lowest BCUT2D eigenvalue weighted by atomic mass is 10.2. The van der Waals surface area contributed by atoms with Crippen molar-refractivity contribution >= 4 is 19.9 Å². The van der Waals surface area contributed by atoms with E-state index >= 15 is 0 Å². The molecule has 80 valence electrons. The van der Waals surface area contributed by atoms with Crippen LogP contribution in [0.15, 0.2) is 61.2 Å². The van der Waals surface area contributed by atoms with Crippen molar-refractivity contribution in [2.24, 2.45) is 0 Å². The molecule has 0 nitrogen and oxygen atoms in total. The molecule has 2 aromatic carbocycles. The smallest absolute Gasteiger partial charge is 0.123 e. The van der Waals surface area contributed by atoms with Gasteiger partial charge < -0.3 is 0 Å². The van der Waals surface area contributed by atoms with E-state index in [0.29, 0.717) is 0 Å². The van der Waals surface area contributed by atoms with Crippen LogP contribution in [0.5, 0.6) is 0 Å². The summed E-state index contributed by atoms with van der Waals surface area (Å²) >= 11 is 0. The fraction of sp³-hybridized carbons (Fsp3) is 0. The molecule has 0 saturated carbocycles. The Morgan fingerprint density at radius 3 is 2.19 bits per heavy atom. The zero-order valence-electron chi connectivity index (χ0n) is 8.99. The standard InChI is InChI=1S/C14H13FSi/c1-11(12-7-9-13(15)10-8-12)16-14-5-3-2-4-6-14/h2-10H,1,16H2. The lowest BCUT2D eigenvalue weighted by Crippen LogP contribution is -2.14. The lowest BCUT2D eigenvalue weighted by molar-refractivity contribution is 0.628. The topological polar surface area (TPSA) is 0 Å². The van der Waals surface area contributed by atoms with Crippen LogP contribution in [0.25, 0.3) is 5.20 Å². The van der Waals surface area contributed by atoms with Crippen molar-refractivity contribution in [2.45, 2.75) is 0 Å². The molecule has 0 aliphatic heterocycles. The van der Waals surface area contributed by atoms with Gasteiger partial charge in [0.2, 0.25) is 0 Å². The average Bonchev–Trinajstić information content (AvgIpc) is 2.31. The minimum atomic E-state index is -0.514. The maximum Gasteiger partial charge on any atom is 0.123 e. The average molecular weight is 228 g/mol. The highest BCUT2D eigenvalue weighted by molar-refractivity contribution is 6.72. The van der Waals surface area contributed by atoms with Gasteiger partial charge in [-0.3, -0.25) is 0 Å². The number of halogens is 1. The van der Waals surface area contributed by atoms with E-state index in [1.54, 1.807) is 12.1 Å². The maximum atomic E-state index is 12.8. The Bertz CT molecular complexity index is 474. The summed E-state index contributed by atoms with van der Waals surface area (Å²) in [6.07, 6.45) is 0. The van der Waals surface area contributed by atoms with Crippen molar-refractivity contribution in [3.05, 3.63) is 72.6 Å². The van der Waals surface area contributed by atoms with Crippen molar-refractivity contribution in [2.75, 3.05) is 0 Å². The predicted octanol–water partition coefficient (Wildman–Crippen LogP) is 2.29. The molecule has 0 radical (unpaired) electrons. The van der Waals surface area contributed by atoms with E-state index in [-0.39, 0.29) is 5.82 Å². The molecule has 0 heterocycles. The van der Waals surface area contributed by atoms with Gasteiger partial charge in [0, 0.05) is 0 Å². The largest absolute Gasteiger partial charge is 0.207 e. The second kappa shape index (κ2) is 4.90. The van der Waals surface area contributed by atoms with Gasteiger partial charge in [-0.1, -0.05) is 59.4 Å². The molecule has 2 rings (SSSR count). The van der Waals surface area contributed by atoms with Crippen LogP contribution in [0.2, 0.25) is 0 Å². The molecule has 0 saturated heterocycles. The first-order chi connectivity index (χ1) is 7.75. The van der Waals surface area contributed by atoms with E-state index in [4.69, 9.17) is 0 Å². The predicted molar refractivity (Wildman–Crippen MR) is 70.1 cm³/mol. The van der Waals surface area contributed by atoms with Gasteiger partial charge >= 0.3 is 0 Å². The number of hydrogen-bond donors (Lipinski definition) is 0. The molecule has 2 aromatic rings. The normalized spacial score (nSPS) is 10.8. The highest BCUT2D eigenvalue weighted by atomic mass is 28.2. The Morgan fingerprint density at radius 2 is 1.56 bits per heavy atom. The Balaban J connectivity index is 2.12. The van der Waals surface area contributed by atoms with Crippen LogP contribution in [0, 0.1) is 5.82 Å². The van der Waals surface area contributed by atoms with Crippen molar-refractivity contribution < 1.29 is 4.39 Å². The van der Waals surface area contributed by atoms with Crippen LogP contribution in [-0.4, -0.2) is 9.52 Å². The third-order valence-electron chi connectivity index (χ3n) is 2.51. The van der Waals surface area contributed by atoms with Gasteiger partial charge in [-0.05, 0) is 17.7 Å². The summed E-state index contributed by atoms with van der Waals surface area (Å²) in [5.41, 5.74) is 1.05. The van der Waals surface area contributed by atoms with Crippen molar-refractivity contribution in [3.8, 4) is 0 Å². The van der Waals surface area contributed by atoms with Gasteiger partial charge in [-0.25, -0.2) is 4.39 Å². The second-order valence-corrected chi connectivity index (χ2v) is 5.80. The second-order valence-electron chi connectivity index (χ2n) is 3.77. The van der Waals surface area contributed by atoms with Gasteiger partial charge in [0.25, 0.3) is 0 Å². The SMILES string of the molecule is C=C([SiH2]c1ccccc1)c1ccc(F)cc1. The molecule has 0 N–H and O–H groups in total. The lowest BCUT2D eigenvalue weighted by Gasteiger charge is -2.05. The molecule has 0 unspecified atom stereocenters. The summed E-state index contributed by atoms with van der Waals surface area (Å²) in [5.74, 6) is -0.196. The minimum absolute atomic E-state index is 0.196. The molecule has 0 aliphatic rings. The van der Waals surface area contributed by atoms with E-state index in [1.165, 1.54) is 17.3 Å². The Hall–Kier alpha value is -1.67. The molecule has 2 heteroatoms. The molecule has 0 aromatic heterocycles. The minimum Gasteiger partial charge on any atom is -0.207 e. The Kier molecular flexibility index (Phi) is 3.32. The van der Waals surface area contributed by atoms with Gasteiger partial charge in [-0.2, -0.15) is 0 Å². The van der Waals surface area contributed by atoms with Crippen LogP contribution < -0.4 is 5.19 Å². The quantitative estimate of drug-likeness (QED) is 0.707. The number of hydrogen-bond acceptors (Lipinski definition) is 0. The number of rotatable bonds is 3. The van der Waals surface area contributed by atoms with Crippen molar-refractivity contribution in [1.29, 1.82) is 0 Å². The summed E-state index contributed by atoms with van der Waals surface area (Å²) in [5, 5.41) is 2.50. The van der Waals surface area contributed by atoms with Crippen LogP contribution in [0.1, 0.15) is 5.56 Å². The Morgan fingerprint density at radius 1 is 0.938 bits per heavy atom. The summed E-state index contributed by atoms with van der Waals surface area (Å²) in [6.45, 7) is 4.09. The fourth-order valence-corrected chi connectivity index (χ4v) is 3.07. The zero-order valence-corrected chi connectivity index (χ0v) is 10.4. The third-order valence-corrected chi connectivity index (χ3v) is 4.23. The summed E-state index contributed by atoms with van der Waals surface area (Å²) in [7, 11) is -0.514. The molecule has 0 amide bonds. The highest BCUT2D eigenvalue weighted by Gasteiger charge is 2.01. The van der Waals surface area contributed by atoms with Crippen LogP contribution in [-0.2, 0) is 0 Å². The first kappa shape index (κ1) is 10.8. The molecule has 0 atom stereocenters. The van der Waals surface area contributed by atoms with Gasteiger partial charge in [0.1, 0.15) is 5.82 Å².